The molecule has 0 radical (unpaired) electrons. The Labute approximate surface area is 177 Å². The first kappa shape index (κ1) is 22.1. The summed E-state index contributed by atoms with van der Waals surface area (Å²) < 4.78 is 39.9. The minimum atomic E-state index is -4.62. The maximum atomic E-state index is 13.3. The summed E-state index contributed by atoms with van der Waals surface area (Å²) in [6, 6.07) is 20.8. The molecule has 0 aliphatic heterocycles. The Balaban J connectivity index is 1.90. The third-order valence-corrected chi connectivity index (χ3v) is 4.89. The molecule has 31 heavy (non-hydrogen) atoms. The second-order valence-corrected chi connectivity index (χ2v) is 7.01. The van der Waals surface area contributed by atoms with E-state index in [0.29, 0.717) is 11.1 Å². The Kier molecular flexibility index (Phi) is 6.74. The van der Waals surface area contributed by atoms with Crippen LogP contribution < -0.4 is 5.32 Å². The number of rotatable bonds is 7. The van der Waals surface area contributed by atoms with E-state index >= 15 is 0 Å². The van der Waals surface area contributed by atoms with Crippen molar-refractivity contribution in [2.75, 3.05) is 0 Å². The van der Waals surface area contributed by atoms with E-state index in [1.165, 1.54) is 18.2 Å². The lowest BCUT2D eigenvalue weighted by Crippen LogP contribution is -2.44. The fraction of sp³-hybridized carbons (Fsp3) is 0.167. The molecule has 0 bridgehead atoms. The predicted octanol–water partition coefficient (Wildman–Crippen LogP) is 4.65. The number of carbonyl (C=O) groups is 2. The average molecular weight is 427 g/mol. The molecular formula is C24H20F3NO3. The Hall–Kier alpha value is -3.61. The van der Waals surface area contributed by atoms with Crippen molar-refractivity contribution in [3.05, 3.63) is 107 Å². The number of carboxylic acid groups (broad SMARTS) is 1. The zero-order valence-electron chi connectivity index (χ0n) is 16.3. The van der Waals surface area contributed by atoms with Gasteiger partial charge in [0.05, 0.1) is 11.5 Å². The summed E-state index contributed by atoms with van der Waals surface area (Å²) in [5.41, 5.74) is 0.175. The maximum absolute atomic E-state index is 13.3. The van der Waals surface area contributed by atoms with Gasteiger partial charge in [0, 0.05) is 6.42 Å². The molecule has 3 rings (SSSR count). The van der Waals surface area contributed by atoms with E-state index in [-0.39, 0.29) is 5.56 Å². The molecule has 3 aromatic rings. The van der Waals surface area contributed by atoms with Gasteiger partial charge in [0.15, 0.2) is 0 Å². The van der Waals surface area contributed by atoms with E-state index in [0.717, 1.165) is 6.07 Å². The number of halogens is 3. The first-order valence-electron chi connectivity index (χ1n) is 9.55. The van der Waals surface area contributed by atoms with Crippen LogP contribution in [0.5, 0.6) is 0 Å². The summed E-state index contributed by atoms with van der Waals surface area (Å²) in [7, 11) is 0. The summed E-state index contributed by atoms with van der Waals surface area (Å²) in [6.45, 7) is 0. The lowest BCUT2D eigenvalue weighted by atomic mass is 9.90. The number of hydrogen-bond acceptors (Lipinski definition) is 2. The van der Waals surface area contributed by atoms with E-state index in [1.807, 2.05) is 0 Å². The van der Waals surface area contributed by atoms with Crippen LogP contribution in [-0.2, 0) is 22.2 Å². The lowest BCUT2D eigenvalue weighted by molar-refractivity contribution is -0.143. The number of carbonyl (C=O) groups excluding carboxylic acids is 1. The SMILES string of the molecule is O=C(N[C@@H](Cc1ccccc1C(F)(F)F)C(=O)O)C(c1ccccc1)c1ccccc1. The second-order valence-electron chi connectivity index (χ2n) is 7.01. The summed E-state index contributed by atoms with van der Waals surface area (Å²) >= 11 is 0. The van der Waals surface area contributed by atoms with Gasteiger partial charge in [-0.2, -0.15) is 13.2 Å². The number of carboxylic acids is 1. The highest BCUT2D eigenvalue weighted by Gasteiger charge is 2.35. The molecular weight excluding hydrogens is 407 g/mol. The normalized spacial score (nSPS) is 12.4. The van der Waals surface area contributed by atoms with Crippen molar-refractivity contribution in [2.45, 2.75) is 24.6 Å². The van der Waals surface area contributed by atoms with Crippen molar-refractivity contribution in [3.8, 4) is 0 Å². The molecule has 0 saturated carbocycles. The van der Waals surface area contributed by atoms with E-state index in [2.05, 4.69) is 5.32 Å². The monoisotopic (exact) mass is 427 g/mol. The van der Waals surface area contributed by atoms with Crippen LogP contribution in [0.2, 0.25) is 0 Å². The van der Waals surface area contributed by atoms with Crippen molar-refractivity contribution in [3.63, 3.8) is 0 Å². The first-order valence-corrected chi connectivity index (χ1v) is 9.55. The number of alkyl halides is 3. The average Bonchev–Trinajstić information content (AvgIpc) is 2.74. The number of aliphatic carboxylic acids is 1. The standard InChI is InChI=1S/C24H20F3NO3/c25-24(26,27)19-14-8-7-13-18(19)15-20(23(30)31)28-22(29)21(16-9-3-1-4-10-16)17-11-5-2-6-12-17/h1-14,20-21H,15H2,(H,28,29)(H,30,31)/t20-/m0/s1. The van der Waals surface area contributed by atoms with Crippen LogP contribution >= 0.6 is 0 Å². The Morgan fingerprint density at radius 3 is 1.77 bits per heavy atom. The highest BCUT2D eigenvalue weighted by Crippen LogP contribution is 2.32. The Morgan fingerprint density at radius 2 is 1.29 bits per heavy atom. The third kappa shape index (κ3) is 5.51. The van der Waals surface area contributed by atoms with Crippen LogP contribution in [0.3, 0.4) is 0 Å². The molecule has 0 aromatic heterocycles. The quantitative estimate of drug-likeness (QED) is 0.577. The van der Waals surface area contributed by atoms with Gasteiger partial charge in [-0.05, 0) is 22.8 Å². The highest BCUT2D eigenvalue weighted by atomic mass is 19.4. The van der Waals surface area contributed by atoms with E-state index in [1.54, 1.807) is 60.7 Å². The topological polar surface area (TPSA) is 66.4 Å². The largest absolute Gasteiger partial charge is 0.480 e. The third-order valence-electron chi connectivity index (χ3n) is 4.89. The number of hydrogen-bond donors (Lipinski definition) is 2. The van der Waals surface area contributed by atoms with Crippen molar-refractivity contribution >= 4 is 11.9 Å². The molecule has 4 nitrogen and oxygen atoms in total. The van der Waals surface area contributed by atoms with Crippen molar-refractivity contribution in [1.29, 1.82) is 0 Å². The fourth-order valence-corrected chi connectivity index (χ4v) is 3.44. The fourth-order valence-electron chi connectivity index (χ4n) is 3.44. The van der Waals surface area contributed by atoms with Crippen molar-refractivity contribution in [2.24, 2.45) is 0 Å². The van der Waals surface area contributed by atoms with E-state index in [9.17, 15) is 27.9 Å². The number of amides is 1. The highest BCUT2D eigenvalue weighted by molar-refractivity contribution is 5.90. The second kappa shape index (κ2) is 9.47. The molecule has 2 N–H and O–H groups in total. The molecule has 0 unspecified atom stereocenters. The van der Waals surface area contributed by atoms with Gasteiger partial charge in [-0.15, -0.1) is 0 Å². The van der Waals surface area contributed by atoms with Gasteiger partial charge >= 0.3 is 12.1 Å². The maximum Gasteiger partial charge on any atom is 0.416 e. The van der Waals surface area contributed by atoms with Crippen LogP contribution in [0.15, 0.2) is 84.9 Å². The van der Waals surface area contributed by atoms with Gasteiger partial charge in [-0.1, -0.05) is 78.9 Å². The van der Waals surface area contributed by atoms with Crippen LogP contribution in [0.4, 0.5) is 13.2 Å². The van der Waals surface area contributed by atoms with Crippen LogP contribution in [0, 0.1) is 0 Å². The summed E-state index contributed by atoms with van der Waals surface area (Å²) in [5.74, 6) is -2.82. The molecule has 0 saturated heterocycles. The summed E-state index contributed by atoms with van der Waals surface area (Å²) in [4.78, 5) is 24.9. The molecule has 0 fully saturated rings. The molecule has 0 aliphatic carbocycles. The Morgan fingerprint density at radius 1 is 0.806 bits per heavy atom. The zero-order chi connectivity index (χ0) is 22.4. The first-order chi connectivity index (χ1) is 14.8. The van der Waals surface area contributed by atoms with E-state index < -0.39 is 42.0 Å². The molecule has 0 spiro atoms. The number of benzene rings is 3. The molecule has 0 heterocycles. The molecule has 160 valence electrons. The smallest absolute Gasteiger partial charge is 0.416 e. The molecule has 1 atom stereocenters. The summed E-state index contributed by atoms with van der Waals surface area (Å²) in [5, 5.41) is 12.0. The molecule has 3 aromatic carbocycles. The van der Waals surface area contributed by atoms with Crippen LogP contribution in [0.1, 0.15) is 28.2 Å². The minimum Gasteiger partial charge on any atom is -0.480 e. The Bertz CT molecular complexity index is 997. The number of nitrogens with one attached hydrogen (secondary N) is 1. The van der Waals surface area contributed by atoms with Gasteiger partial charge in [0.1, 0.15) is 6.04 Å². The molecule has 1 amide bonds. The summed E-state index contributed by atoms with van der Waals surface area (Å²) in [6.07, 6.45) is -5.12. The lowest BCUT2D eigenvalue weighted by Gasteiger charge is -2.22. The predicted molar refractivity (Wildman–Crippen MR) is 109 cm³/mol. The molecule has 0 aliphatic rings. The van der Waals surface area contributed by atoms with Gasteiger partial charge in [-0.3, -0.25) is 4.79 Å². The van der Waals surface area contributed by atoms with Crippen LogP contribution in [-0.4, -0.2) is 23.0 Å². The molecule has 7 heteroatoms. The van der Waals surface area contributed by atoms with Crippen LogP contribution in [0.25, 0.3) is 0 Å². The zero-order valence-corrected chi connectivity index (χ0v) is 16.3. The van der Waals surface area contributed by atoms with Gasteiger partial charge in [0.2, 0.25) is 5.91 Å². The van der Waals surface area contributed by atoms with Gasteiger partial charge in [-0.25, -0.2) is 4.79 Å². The van der Waals surface area contributed by atoms with Gasteiger partial charge in [0.25, 0.3) is 0 Å². The van der Waals surface area contributed by atoms with Gasteiger partial charge < -0.3 is 10.4 Å². The minimum absolute atomic E-state index is 0.196. The van der Waals surface area contributed by atoms with Crippen molar-refractivity contribution in [1.82, 2.24) is 5.32 Å². The van der Waals surface area contributed by atoms with Crippen molar-refractivity contribution < 1.29 is 27.9 Å². The van der Waals surface area contributed by atoms with E-state index in [4.69, 9.17) is 0 Å².